The van der Waals surface area contributed by atoms with Crippen LogP contribution in [-0.4, -0.2) is 15.0 Å². The van der Waals surface area contributed by atoms with Crippen molar-refractivity contribution in [2.45, 2.75) is 13.3 Å². The van der Waals surface area contributed by atoms with Gasteiger partial charge in [0.1, 0.15) is 0 Å². The highest BCUT2D eigenvalue weighted by atomic mass is 32.2. The fourth-order valence-electron chi connectivity index (χ4n) is 0.934. The maximum absolute atomic E-state index is 11.3. The van der Waals surface area contributed by atoms with Crippen LogP contribution >= 0.6 is 0 Å². The minimum atomic E-state index is -3.40. The highest BCUT2D eigenvalue weighted by Crippen LogP contribution is 2.06. The van der Waals surface area contributed by atoms with Gasteiger partial charge in [-0.25, -0.2) is 0 Å². The molecule has 0 aliphatic heterocycles. The molecule has 0 saturated heterocycles. The van der Waals surface area contributed by atoms with E-state index in [9.17, 15) is 8.42 Å². The molecule has 0 aliphatic carbocycles. The lowest BCUT2D eigenvalue weighted by Gasteiger charge is -2.07. The third-order valence-electron chi connectivity index (χ3n) is 1.57. The predicted octanol–water partition coefficient (Wildman–Crippen LogP) is 1.34. The van der Waals surface area contributed by atoms with Crippen LogP contribution in [0.2, 0.25) is 0 Å². The van der Waals surface area contributed by atoms with Gasteiger partial charge in [-0.3, -0.25) is 4.72 Å². The Morgan fingerprint density at radius 2 is 1.86 bits per heavy atom. The van der Waals surface area contributed by atoms with Gasteiger partial charge in [0.05, 0.1) is 0 Å². The van der Waals surface area contributed by atoms with Gasteiger partial charge in [0.2, 0.25) is 0 Å². The number of hydrogen-bond donors (Lipinski definition) is 2. The van der Waals surface area contributed by atoms with Crippen LogP contribution in [0.5, 0.6) is 0 Å². The van der Waals surface area contributed by atoms with Crippen LogP contribution in [0.15, 0.2) is 30.3 Å². The van der Waals surface area contributed by atoms with Crippen LogP contribution < -0.4 is 9.44 Å². The quantitative estimate of drug-likeness (QED) is 0.777. The maximum Gasteiger partial charge on any atom is 0.299 e. The topological polar surface area (TPSA) is 58.2 Å². The van der Waals surface area contributed by atoms with E-state index >= 15 is 0 Å². The zero-order valence-electron chi connectivity index (χ0n) is 8.03. The van der Waals surface area contributed by atoms with E-state index in [4.69, 9.17) is 0 Å². The fraction of sp³-hybridized carbons (Fsp3) is 0.333. The average molecular weight is 214 g/mol. The third kappa shape index (κ3) is 3.76. The van der Waals surface area contributed by atoms with E-state index in [1.54, 1.807) is 24.3 Å². The summed E-state index contributed by atoms with van der Waals surface area (Å²) in [7, 11) is -3.40. The molecular weight excluding hydrogens is 200 g/mol. The third-order valence-corrected chi connectivity index (χ3v) is 2.66. The number of para-hydroxylation sites is 1. The van der Waals surface area contributed by atoms with Crippen molar-refractivity contribution in [1.29, 1.82) is 0 Å². The molecule has 5 heteroatoms. The second kappa shape index (κ2) is 4.97. The predicted molar refractivity (Wildman–Crippen MR) is 57.3 cm³/mol. The van der Waals surface area contributed by atoms with Crippen molar-refractivity contribution >= 4 is 15.9 Å². The number of benzene rings is 1. The molecule has 0 aliphatic rings. The van der Waals surface area contributed by atoms with Crippen molar-refractivity contribution in [3.63, 3.8) is 0 Å². The molecular formula is C9H14N2O2S. The van der Waals surface area contributed by atoms with E-state index in [0.717, 1.165) is 6.42 Å². The standard InChI is InChI=1S/C9H14N2O2S/c1-2-8-10-14(12,13)11-9-6-4-3-5-7-9/h3-7,10-11H,2,8H2,1H3. The Labute approximate surface area is 84.5 Å². The summed E-state index contributed by atoms with van der Waals surface area (Å²) in [6, 6.07) is 8.78. The van der Waals surface area contributed by atoms with Gasteiger partial charge in [0.25, 0.3) is 10.2 Å². The molecule has 0 spiro atoms. The monoisotopic (exact) mass is 214 g/mol. The Balaban J connectivity index is 2.60. The lowest BCUT2D eigenvalue weighted by molar-refractivity contribution is 0.586. The minimum Gasteiger partial charge on any atom is -0.271 e. The molecule has 0 saturated carbocycles. The van der Waals surface area contributed by atoms with Gasteiger partial charge >= 0.3 is 0 Å². The number of rotatable bonds is 5. The van der Waals surface area contributed by atoms with Gasteiger partial charge in [-0.15, -0.1) is 0 Å². The summed E-state index contributed by atoms with van der Waals surface area (Å²) < 4.78 is 27.5. The lowest BCUT2D eigenvalue weighted by Crippen LogP contribution is -2.30. The van der Waals surface area contributed by atoms with Crippen molar-refractivity contribution in [1.82, 2.24) is 4.72 Å². The summed E-state index contributed by atoms with van der Waals surface area (Å²) in [5, 5.41) is 0. The summed E-state index contributed by atoms with van der Waals surface area (Å²) in [5.41, 5.74) is 0.566. The van der Waals surface area contributed by atoms with Crippen LogP contribution in [0, 0.1) is 0 Å². The molecule has 1 aromatic rings. The molecule has 78 valence electrons. The molecule has 0 heterocycles. The van der Waals surface area contributed by atoms with Gasteiger partial charge in [-0.2, -0.15) is 13.1 Å². The zero-order chi connectivity index (χ0) is 10.4. The van der Waals surface area contributed by atoms with E-state index in [1.807, 2.05) is 13.0 Å². The average Bonchev–Trinajstić information content (AvgIpc) is 2.16. The second-order valence-electron chi connectivity index (χ2n) is 2.87. The van der Waals surface area contributed by atoms with Gasteiger partial charge in [-0.1, -0.05) is 25.1 Å². The molecule has 4 nitrogen and oxygen atoms in total. The second-order valence-corrected chi connectivity index (χ2v) is 4.37. The first-order valence-corrected chi connectivity index (χ1v) is 5.95. The Morgan fingerprint density at radius 1 is 1.21 bits per heavy atom. The molecule has 0 aromatic heterocycles. The minimum absolute atomic E-state index is 0.447. The van der Waals surface area contributed by atoms with Crippen LogP contribution in [0.25, 0.3) is 0 Å². The molecule has 0 radical (unpaired) electrons. The van der Waals surface area contributed by atoms with Gasteiger partial charge in [0.15, 0.2) is 0 Å². The van der Waals surface area contributed by atoms with E-state index < -0.39 is 10.2 Å². The molecule has 0 amide bonds. The van der Waals surface area contributed by atoms with Crippen LogP contribution in [0.4, 0.5) is 5.69 Å². The Morgan fingerprint density at radius 3 is 2.43 bits per heavy atom. The first kappa shape index (κ1) is 11.0. The largest absolute Gasteiger partial charge is 0.299 e. The van der Waals surface area contributed by atoms with Crippen molar-refractivity contribution in [3.05, 3.63) is 30.3 Å². The summed E-state index contributed by atoms with van der Waals surface area (Å²) in [6.45, 7) is 2.35. The lowest BCUT2D eigenvalue weighted by atomic mass is 10.3. The van der Waals surface area contributed by atoms with Crippen LogP contribution in [-0.2, 0) is 10.2 Å². The Hall–Kier alpha value is -1.07. The molecule has 1 rings (SSSR count). The SMILES string of the molecule is CCCNS(=O)(=O)Nc1ccccc1. The summed E-state index contributed by atoms with van der Waals surface area (Å²) in [4.78, 5) is 0. The van der Waals surface area contributed by atoms with Crippen molar-refractivity contribution in [2.24, 2.45) is 0 Å². The van der Waals surface area contributed by atoms with Crippen molar-refractivity contribution in [2.75, 3.05) is 11.3 Å². The summed E-state index contributed by atoms with van der Waals surface area (Å²) >= 11 is 0. The van der Waals surface area contributed by atoms with Crippen LogP contribution in [0.3, 0.4) is 0 Å². The normalized spacial score (nSPS) is 11.2. The van der Waals surface area contributed by atoms with E-state index in [0.29, 0.717) is 12.2 Å². The molecule has 0 unspecified atom stereocenters. The highest BCUT2D eigenvalue weighted by molar-refractivity contribution is 7.90. The maximum atomic E-state index is 11.3. The highest BCUT2D eigenvalue weighted by Gasteiger charge is 2.06. The summed E-state index contributed by atoms with van der Waals surface area (Å²) in [5.74, 6) is 0. The molecule has 2 N–H and O–H groups in total. The Kier molecular flexibility index (Phi) is 3.91. The smallest absolute Gasteiger partial charge is 0.271 e. The fourth-order valence-corrected chi connectivity index (χ4v) is 1.93. The molecule has 0 bridgehead atoms. The number of anilines is 1. The molecule has 1 aromatic carbocycles. The first-order chi connectivity index (χ1) is 6.64. The van der Waals surface area contributed by atoms with E-state index in [-0.39, 0.29) is 0 Å². The zero-order valence-corrected chi connectivity index (χ0v) is 8.84. The summed E-state index contributed by atoms with van der Waals surface area (Å²) in [6.07, 6.45) is 0.774. The number of hydrogen-bond acceptors (Lipinski definition) is 2. The van der Waals surface area contributed by atoms with E-state index in [2.05, 4.69) is 9.44 Å². The van der Waals surface area contributed by atoms with Gasteiger partial charge in [-0.05, 0) is 18.6 Å². The van der Waals surface area contributed by atoms with Crippen LogP contribution in [0.1, 0.15) is 13.3 Å². The van der Waals surface area contributed by atoms with E-state index in [1.165, 1.54) is 0 Å². The van der Waals surface area contributed by atoms with Gasteiger partial charge < -0.3 is 0 Å². The molecule has 0 atom stereocenters. The Bertz CT molecular complexity index is 362. The molecule has 0 fully saturated rings. The van der Waals surface area contributed by atoms with Crippen molar-refractivity contribution in [3.8, 4) is 0 Å². The van der Waals surface area contributed by atoms with Gasteiger partial charge in [0, 0.05) is 12.2 Å². The number of nitrogens with one attached hydrogen (secondary N) is 2. The first-order valence-electron chi connectivity index (χ1n) is 4.46. The molecule has 14 heavy (non-hydrogen) atoms. The van der Waals surface area contributed by atoms with Crippen molar-refractivity contribution < 1.29 is 8.42 Å².